The molecule has 2 unspecified atom stereocenters. The molecule has 1 aromatic heterocycles. The lowest BCUT2D eigenvalue weighted by atomic mass is 10.1. The Balaban J connectivity index is 1.69. The topological polar surface area (TPSA) is 92.2 Å². The highest BCUT2D eigenvalue weighted by Crippen LogP contribution is 2.58. The fourth-order valence-corrected chi connectivity index (χ4v) is 3.29. The Morgan fingerprint density at radius 1 is 1.23 bits per heavy atom. The van der Waals surface area contributed by atoms with Crippen LogP contribution in [0.25, 0.3) is 11.3 Å². The van der Waals surface area contributed by atoms with Crippen LogP contribution in [0.1, 0.15) is 13.8 Å². The van der Waals surface area contributed by atoms with Crippen molar-refractivity contribution in [2.45, 2.75) is 13.8 Å². The van der Waals surface area contributed by atoms with Crippen molar-refractivity contribution in [3.63, 3.8) is 0 Å². The quantitative estimate of drug-likeness (QED) is 0.904. The van der Waals surface area contributed by atoms with Crippen molar-refractivity contribution in [2.24, 2.45) is 17.3 Å². The Morgan fingerprint density at radius 3 is 2.41 bits per heavy atom. The third-order valence-corrected chi connectivity index (χ3v) is 4.69. The smallest absolute Gasteiger partial charge is 0.307 e. The molecule has 0 spiro atoms. The molecule has 1 aliphatic rings. The lowest BCUT2D eigenvalue weighted by molar-refractivity contribution is -0.140. The van der Waals surface area contributed by atoms with Gasteiger partial charge in [0.15, 0.2) is 0 Å². The molecule has 1 aromatic carbocycles. The minimum atomic E-state index is -0.920. The van der Waals surface area contributed by atoms with Crippen LogP contribution >= 0.6 is 11.5 Å². The minimum Gasteiger partial charge on any atom is -0.481 e. The number of amides is 1. The number of benzene rings is 1. The summed E-state index contributed by atoms with van der Waals surface area (Å²) in [6, 6.07) is 7.24. The number of hydrogen-bond acceptors (Lipinski definition) is 5. The number of carboxylic acids is 1. The molecule has 2 aromatic rings. The molecule has 1 heterocycles. The van der Waals surface area contributed by atoms with Crippen molar-refractivity contribution in [1.29, 1.82) is 0 Å². The van der Waals surface area contributed by atoms with E-state index in [1.54, 1.807) is 26.0 Å². The van der Waals surface area contributed by atoms with Gasteiger partial charge in [-0.05, 0) is 29.1 Å². The van der Waals surface area contributed by atoms with Crippen LogP contribution in [0.2, 0.25) is 0 Å². The van der Waals surface area contributed by atoms with Gasteiger partial charge in [-0.25, -0.2) is 0 Å². The molecule has 6 nitrogen and oxygen atoms in total. The van der Waals surface area contributed by atoms with Gasteiger partial charge in [-0.15, -0.1) is 5.10 Å². The SMILES string of the molecule is CC1(C)C(C(=O)O)C1C(=O)Nc1ccc(-c2csnn2)cc1. The van der Waals surface area contributed by atoms with E-state index in [0.29, 0.717) is 5.69 Å². The maximum atomic E-state index is 12.2. The number of carboxylic acid groups (broad SMARTS) is 1. The van der Waals surface area contributed by atoms with Gasteiger partial charge in [-0.3, -0.25) is 9.59 Å². The molecule has 114 valence electrons. The molecule has 1 amide bonds. The van der Waals surface area contributed by atoms with Crippen LogP contribution in [0.5, 0.6) is 0 Å². The zero-order valence-electron chi connectivity index (χ0n) is 12.1. The second-order valence-electron chi connectivity index (χ2n) is 5.97. The van der Waals surface area contributed by atoms with Crippen LogP contribution in [0, 0.1) is 17.3 Å². The van der Waals surface area contributed by atoms with Gasteiger partial charge in [-0.2, -0.15) is 0 Å². The first-order valence-corrected chi connectivity index (χ1v) is 7.66. The molecular weight excluding hydrogens is 302 g/mol. The number of carbonyl (C=O) groups excluding carboxylic acids is 1. The van der Waals surface area contributed by atoms with Crippen LogP contribution in [-0.4, -0.2) is 26.6 Å². The van der Waals surface area contributed by atoms with Crippen molar-refractivity contribution >= 4 is 29.1 Å². The summed E-state index contributed by atoms with van der Waals surface area (Å²) >= 11 is 1.28. The van der Waals surface area contributed by atoms with E-state index in [2.05, 4.69) is 14.9 Å². The molecule has 0 bridgehead atoms. The van der Waals surface area contributed by atoms with E-state index in [9.17, 15) is 9.59 Å². The molecule has 0 radical (unpaired) electrons. The lowest BCUT2D eigenvalue weighted by Crippen LogP contribution is -2.17. The molecule has 2 N–H and O–H groups in total. The molecular formula is C15H15N3O3S. The zero-order valence-corrected chi connectivity index (χ0v) is 12.9. The lowest BCUT2D eigenvalue weighted by Gasteiger charge is -2.06. The minimum absolute atomic E-state index is 0.250. The summed E-state index contributed by atoms with van der Waals surface area (Å²) in [6.45, 7) is 3.60. The molecule has 3 rings (SSSR count). The number of carbonyl (C=O) groups is 2. The van der Waals surface area contributed by atoms with Gasteiger partial charge >= 0.3 is 5.97 Å². The summed E-state index contributed by atoms with van der Waals surface area (Å²) in [7, 11) is 0. The predicted octanol–water partition coefficient (Wildman–Crippen LogP) is 2.50. The van der Waals surface area contributed by atoms with Gasteiger partial charge in [0.05, 0.1) is 11.8 Å². The van der Waals surface area contributed by atoms with E-state index in [-0.39, 0.29) is 5.91 Å². The summed E-state index contributed by atoms with van der Waals surface area (Å²) in [5, 5.41) is 17.7. The fraction of sp³-hybridized carbons (Fsp3) is 0.333. The average molecular weight is 317 g/mol. The van der Waals surface area contributed by atoms with Crippen molar-refractivity contribution < 1.29 is 14.7 Å². The van der Waals surface area contributed by atoms with E-state index < -0.39 is 23.2 Å². The third kappa shape index (κ3) is 2.48. The van der Waals surface area contributed by atoms with Crippen molar-refractivity contribution in [2.75, 3.05) is 5.32 Å². The van der Waals surface area contributed by atoms with Crippen LogP contribution in [0.15, 0.2) is 29.6 Å². The van der Waals surface area contributed by atoms with Gasteiger partial charge in [0.2, 0.25) is 5.91 Å². The van der Waals surface area contributed by atoms with Crippen molar-refractivity contribution in [3.8, 4) is 11.3 Å². The number of rotatable bonds is 4. The van der Waals surface area contributed by atoms with Crippen molar-refractivity contribution in [3.05, 3.63) is 29.6 Å². The largest absolute Gasteiger partial charge is 0.481 e. The summed E-state index contributed by atoms with van der Waals surface area (Å²) in [6.07, 6.45) is 0. The Kier molecular flexibility index (Phi) is 3.44. The standard InChI is InChI=1S/C15H15N3O3S/c1-15(2)11(12(15)14(20)21)13(19)16-9-5-3-8(4-6-9)10-7-22-18-17-10/h3-7,11-12H,1-2H3,(H,16,19)(H,20,21). The van der Waals surface area contributed by atoms with Gasteiger partial charge in [0.1, 0.15) is 5.69 Å². The number of nitrogens with one attached hydrogen (secondary N) is 1. The molecule has 7 heteroatoms. The Bertz CT molecular complexity index is 710. The second-order valence-corrected chi connectivity index (χ2v) is 6.58. The Labute approximate surface area is 131 Å². The van der Waals surface area contributed by atoms with E-state index in [4.69, 9.17) is 5.11 Å². The summed E-state index contributed by atoms with van der Waals surface area (Å²) < 4.78 is 3.81. The number of nitrogens with zero attached hydrogens (tertiary/aromatic N) is 2. The van der Waals surface area contributed by atoms with Crippen LogP contribution in [-0.2, 0) is 9.59 Å². The molecule has 1 aliphatic carbocycles. The molecule has 0 aliphatic heterocycles. The summed E-state index contributed by atoms with van der Waals surface area (Å²) in [5.74, 6) is -2.28. The van der Waals surface area contributed by atoms with Crippen LogP contribution < -0.4 is 5.32 Å². The monoisotopic (exact) mass is 317 g/mol. The van der Waals surface area contributed by atoms with Gasteiger partial charge in [0, 0.05) is 16.6 Å². The molecule has 1 fully saturated rings. The average Bonchev–Trinajstić information content (AvgIpc) is 2.84. The number of anilines is 1. The molecule has 2 atom stereocenters. The maximum Gasteiger partial charge on any atom is 0.307 e. The highest BCUT2D eigenvalue weighted by atomic mass is 32.1. The third-order valence-electron chi connectivity index (χ3n) is 4.18. The van der Waals surface area contributed by atoms with Crippen molar-refractivity contribution in [1.82, 2.24) is 9.59 Å². The van der Waals surface area contributed by atoms with E-state index in [0.717, 1.165) is 11.3 Å². The van der Waals surface area contributed by atoms with Crippen LogP contribution in [0.4, 0.5) is 5.69 Å². The van der Waals surface area contributed by atoms with Gasteiger partial charge in [-0.1, -0.05) is 30.5 Å². The number of aliphatic carboxylic acids is 1. The second kappa shape index (κ2) is 5.17. The first-order chi connectivity index (χ1) is 10.4. The van der Waals surface area contributed by atoms with E-state index >= 15 is 0 Å². The van der Waals surface area contributed by atoms with E-state index in [1.165, 1.54) is 11.5 Å². The molecule has 0 saturated heterocycles. The van der Waals surface area contributed by atoms with Gasteiger partial charge in [0.25, 0.3) is 0 Å². The molecule has 22 heavy (non-hydrogen) atoms. The highest BCUT2D eigenvalue weighted by molar-refractivity contribution is 7.03. The highest BCUT2D eigenvalue weighted by Gasteiger charge is 2.65. The Hall–Kier alpha value is -2.28. The first kappa shape index (κ1) is 14.6. The first-order valence-electron chi connectivity index (χ1n) is 6.82. The normalized spacial score (nSPS) is 22.1. The predicted molar refractivity (Wildman–Crippen MR) is 82.4 cm³/mol. The Morgan fingerprint density at radius 2 is 1.91 bits per heavy atom. The fourth-order valence-electron chi connectivity index (χ4n) is 2.82. The molecule has 1 saturated carbocycles. The van der Waals surface area contributed by atoms with Crippen LogP contribution in [0.3, 0.4) is 0 Å². The number of aromatic nitrogens is 2. The number of hydrogen-bond donors (Lipinski definition) is 2. The van der Waals surface area contributed by atoms with E-state index in [1.807, 2.05) is 17.5 Å². The summed E-state index contributed by atoms with van der Waals surface area (Å²) in [4.78, 5) is 23.4. The zero-order chi connectivity index (χ0) is 15.9. The van der Waals surface area contributed by atoms with Gasteiger partial charge < -0.3 is 10.4 Å². The maximum absolute atomic E-state index is 12.2. The summed E-state index contributed by atoms with van der Waals surface area (Å²) in [5.41, 5.74) is 1.85.